The minimum atomic E-state index is -0.475. The summed E-state index contributed by atoms with van der Waals surface area (Å²) in [7, 11) is 1.49. The number of allylic oxidation sites excluding steroid dienone is 1. The molecule has 0 saturated heterocycles. The number of hydrogen-bond donors (Lipinski definition) is 1. The smallest absolute Gasteiger partial charge is 0.343 e. The molecule has 0 aliphatic rings. The van der Waals surface area contributed by atoms with Crippen molar-refractivity contribution in [2.45, 2.75) is 0 Å². The molecule has 1 heterocycles. The molecule has 0 fully saturated rings. The Morgan fingerprint density at radius 1 is 1.03 bits per heavy atom. The van der Waals surface area contributed by atoms with Crippen LogP contribution in [0.4, 0.5) is 0 Å². The number of benzene rings is 3. The normalized spacial score (nSPS) is 11.1. The van der Waals surface area contributed by atoms with E-state index in [1.165, 1.54) is 7.11 Å². The molecule has 0 saturated carbocycles. The lowest BCUT2D eigenvalue weighted by atomic mass is 10.1. The summed E-state index contributed by atoms with van der Waals surface area (Å²) in [5.41, 5.74) is 3.18. The highest BCUT2D eigenvalue weighted by Gasteiger charge is 2.13. The Morgan fingerprint density at radius 3 is 2.53 bits per heavy atom. The zero-order valence-corrected chi connectivity index (χ0v) is 16.1. The molecule has 0 radical (unpaired) electrons. The van der Waals surface area contributed by atoms with E-state index in [0.717, 1.165) is 11.0 Å². The Kier molecular flexibility index (Phi) is 5.27. The lowest BCUT2D eigenvalue weighted by Crippen LogP contribution is -2.09. The monoisotopic (exact) mass is 395 g/mol. The van der Waals surface area contributed by atoms with Crippen LogP contribution in [0, 0.1) is 11.3 Å². The molecule has 4 rings (SSSR count). The Balaban J connectivity index is 1.63. The Labute approximate surface area is 173 Å². The van der Waals surface area contributed by atoms with E-state index < -0.39 is 5.97 Å². The van der Waals surface area contributed by atoms with E-state index in [4.69, 9.17) is 9.47 Å². The number of ether oxygens (including phenoxy) is 2. The maximum Gasteiger partial charge on any atom is 0.343 e. The molecule has 0 atom stereocenters. The maximum atomic E-state index is 12.3. The van der Waals surface area contributed by atoms with Crippen LogP contribution < -0.4 is 9.47 Å². The van der Waals surface area contributed by atoms with Crippen LogP contribution in [0.1, 0.15) is 21.7 Å². The number of fused-ring (bicyclic) bond motifs is 1. The number of aromatic nitrogens is 2. The second-order valence-corrected chi connectivity index (χ2v) is 6.44. The predicted molar refractivity (Wildman–Crippen MR) is 114 cm³/mol. The van der Waals surface area contributed by atoms with Crippen molar-refractivity contribution >= 4 is 28.7 Å². The number of nitrogens with zero attached hydrogens (tertiary/aromatic N) is 2. The Morgan fingerprint density at radius 2 is 1.80 bits per heavy atom. The van der Waals surface area contributed by atoms with Gasteiger partial charge in [0.15, 0.2) is 11.5 Å². The molecular weight excluding hydrogens is 378 g/mol. The highest BCUT2D eigenvalue weighted by molar-refractivity contribution is 5.92. The van der Waals surface area contributed by atoms with E-state index in [-0.39, 0.29) is 0 Å². The number of imidazole rings is 1. The number of methoxy groups -OCH3 is 1. The van der Waals surface area contributed by atoms with Crippen LogP contribution in [0.15, 0.2) is 72.8 Å². The first kappa shape index (κ1) is 19.0. The van der Waals surface area contributed by atoms with E-state index in [9.17, 15) is 10.1 Å². The van der Waals surface area contributed by atoms with Gasteiger partial charge in [-0.15, -0.1) is 0 Å². The first-order valence-corrected chi connectivity index (χ1v) is 9.20. The number of carbonyl (C=O) groups excluding carboxylic acids is 1. The van der Waals surface area contributed by atoms with Crippen molar-refractivity contribution in [3.63, 3.8) is 0 Å². The molecule has 1 aromatic heterocycles. The van der Waals surface area contributed by atoms with Gasteiger partial charge in [-0.2, -0.15) is 5.26 Å². The number of carbonyl (C=O) groups is 1. The largest absolute Gasteiger partial charge is 0.493 e. The third kappa shape index (κ3) is 3.91. The van der Waals surface area contributed by atoms with E-state index in [1.54, 1.807) is 48.5 Å². The number of rotatable bonds is 5. The Hall–Kier alpha value is -4.37. The third-order valence-electron chi connectivity index (χ3n) is 4.48. The second-order valence-electron chi connectivity index (χ2n) is 6.44. The summed E-state index contributed by atoms with van der Waals surface area (Å²) < 4.78 is 10.8. The van der Waals surface area contributed by atoms with Crippen molar-refractivity contribution in [3.8, 4) is 17.6 Å². The van der Waals surface area contributed by atoms with E-state index in [0.29, 0.717) is 34.0 Å². The van der Waals surface area contributed by atoms with Crippen molar-refractivity contribution < 1.29 is 14.3 Å². The summed E-state index contributed by atoms with van der Waals surface area (Å²) in [6.07, 6.45) is 1.70. The van der Waals surface area contributed by atoms with Crippen molar-refractivity contribution in [1.29, 1.82) is 5.26 Å². The van der Waals surface area contributed by atoms with Crippen LogP contribution >= 0.6 is 0 Å². The predicted octanol–water partition coefficient (Wildman–Crippen LogP) is 4.85. The summed E-state index contributed by atoms with van der Waals surface area (Å²) in [5.74, 6) is 0.690. The standard InChI is InChI=1S/C24H17N3O3/c1-29-22-14-16(11-12-21(22)30-24(28)17-7-3-2-4-8-17)13-18(15-25)23-26-19-9-5-6-10-20(19)27-23/h2-14H,1H3,(H,26,27)/b18-13+. The molecule has 30 heavy (non-hydrogen) atoms. The van der Waals surface area contributed by atoms with Gasteiger partial charge < -0.3 is 14.5 Å². The molecule has 4 aromatic rings. The molecule has 0 amide bonds. The van der Waals surface area contributed by atoms with Crippen LogP contribution in [-0.2, 0) is 0 Å². The average Bonchev–Trinajstić information content (AvgIpc) is 3.22. The van der Waals surface area contributed by atoms with Crippen LogP contribution in [0.3, 0.4) is 0 Å². The summed E-state index contributed by atoms with van der Waals surface area (Å²) >= 11 is 0. The summed E-state index contributed by atoms with van der Waals surface area (Å²) in [6, 6.07) is 23.6. The van der Waals surface area contributed by atoms with Gasteiger partial charge in [-0.1, -0.05) is 36.4 Å². The van der Waals surface area contributed by atoms with Gasteiger partial charge in [-0.05, 0) is 48.0 Å². The van der Waals surface area contributed by atoms with Crippen molar-refractivity contribution in [3.05, 3.63) is 89.7 Å². The molecule has 0 aliphatic carbocycles. The van der Waals surface area contributed by atoms with Gasteiger partial charge in [-0.3, -0.25) is 0 Å². The summed E-state index contributed by atoms with van der Waals surface area (Å²) in [4.78, 5) is 19.9. The number of para-hydroxylation sites is 2. The van der Waals surface area contributed by atoms with E-state index in [2.05, 4.69) is 16.0 Å². The number of esters is 1. The van der Waals surface area contributed by atoms with Gasteiger partial charge in [-0.25, -0.2) is 9.78 Å². The highest BCUT2D eigenvalue weighted by Crippen LogP contribution is 2.30. The Bertz CT molecular complexity index is 1250. The fraction of sp³-hybridized carbons (Fsp3) is 0.0417. The summed E-state index contributed by atoms with van der Waals surface area (Å²) in [5, 5.41) is 9.61. The molecule has 1 N–H and O–H groups in total. The molecule has 146 valence electrons. The van der Waals surface area contributed by atoms with Crippen LogP contribution in [0.5, 0.6) is 11.5 Å². The lowest BCUT2D eigenvalue weighted by Gasteiger charge is -2.10. The molecule has 0 bridgehead atoms. The van der Waals surface area contributed by atoms with Crippen molar-refractivity contribution in [2.24, 2.45) is 0 Å². The second kappa shape index (κ2) is 8.33. The number of nitrogens with one attached hydrogen (secondary N) is 1. The molecule has 0 spiro atoms. The van der Waals surface area contributed by atoms with Crippen molar-refractivity contribution in [2.75, 3.05) is 7.11 Å². The van der Waals surface area contributed by atoms with Crippen LogP contribution in [0.2, 0.25) is 0 Å². The van der Waals surface area contributed by atoms with Gasteiger partial charge in [0.25, 0.3) is 0 Å². The van der Waals surface area contributed by atoms with Gasteiger partial charge in [0.05, 0.1) is 29.3 Å². The topological polar surface area (TPSA) is 88.0 Å². The molecule has 0 unspecified atom stereocenters. The summed E-state index contributed by atoms with van der Waals surface area (Å²) in [6.45, 7) is 0. The molecular formula is C24H17N3O3. The quantitative estimate of drug-likeness (QED) is 0.296. The molecule has 0 aliphatic heterocycles. The zero-order valence-electron chi connectivity index (χ0n) is 16.1. The number of nitriles is 1. The van der Waals surface area contributed by atoms with Gasteiger partial charge >= 0.3 is 5.97 Å². The highest BCUT2D eigenvalue weighted by atomic mass is 16.6. The fourth-order valence-electron chi connectivity index (χ4n) is 2.99. The first-order chi connectivity index (χ1) is 14.7. The van der Waals surface area contributed by atoms with E-state index in [1.807, 2.05) is 30.3 Å². The molecule has 6 heteroatoms. The zero-order chi connectivity index (χ0) is 20.9. The van der Waals surface area contributed by atoms with Crippen molar-refractivity contribution in [1.82, 2.24) is 9.97 Å². The molecule has 3 aromatic carbocycles. The van der Waals surface area contributed by atoms with Gasteiger partial charge in [0, 0.05) is 0 Å². The average molecular weight is 395 g/mol. The molecule has 6 nitrogen and oxygen atoms in total. The van der Waals surface area contributed by atoms with Gasteiger partial charge in [0.2, 0.25) is 0 Å². The maximum absolute atomic E-state index is 12.3. The number of hydrogen-bond acceptors (Lipinski definition) is 5. The van der Waals surface area contributed by atoms with Crippen LogP contribution in [0.25, 0.3) is 22.7 Å². The lowest BCUT2D eigenvalue weighted by molar-refractivity contribution is 0.0729. The fourth-order valence-corrected chi connectivity index (χ4v) is 2.99. The minimum Gasteiger partial charge on any atom is -0.493 e. The number of aromatic amines is 1. The third-order valence-corrected chi connectivity index (χ3v) is 4.48. The van der Waals surface area contributed by atoms with Crippen LogP contribution in [-0.4, -0.2) is 23.0 Å². The van der Waals surface area contributed by atoms with Gasteiger partial charge in [0.1, 0.15) is 11.9 Å². The van der Waals surface area contributed by atoms with E-state index >= 15 is 0 Å². The first-order valence-electron chi connectivity index (χ1n) is 9.20. The minimum absolute atomic E-state index is 0.297. The SMILES string of the molecule is COc1cc(/C=C(\C#N)c2nc3ccccc3[nH]2)ccc1OC(=O)c1ccccc1. The number of H-pyrrole nitrogens is 1.